The average molecular weight is 1150 g/mol. The Kier molecular flexibility index (Phi) is 66.3. The third kappa shape index (κ3) is 68.2. The summed E-state index contributed by atoms with van der Waals surface area (Å²) in [6, 6.07) is 0. The fraction of sp³-hybridized carbons (Fsp3) is 0.675. The van der Waals surface area contributed by atoms with Crippen molar-refractivity contribution in [3.8, 4) is 0 Å². The predicted octanol–water partition coefficient (Wildman–Crippen LogP) is 24.1. The first-order valence-corrected chi connectivity index (χ1v) is 34.7. The molecule has 1 unspecified atom stereocenters. The highest BCUT2D eigenvalue weighted by Gasteiger charge is 2.19. The van der Waals surface area contributed by atoms with E-state index in [9.17, 15) is 14.4 Å². The van der Waals surface area contributed by atoms with Crippen molar-refractivity contribution in [2.24, 2.45) is 0 Å². The van der Waals surface area contributed by atoms with Crippen molar-refractivity contribution < 1.29 is 28.6 Å². The van der Waals surface area contributed by atoms with E-state index in [2.05, 4.69) is 154 Å². The number of carbonyl (C=O) groups excluding carboxylic acids is 3. The molecular weight excluding hydrogens is 1020 g/mol. The quantitative estimate of drug-likeness (QED) is 0.0261. The van der Waals surface area contributed by atoms with Crippen LogP contribution in [-0.4, -0.2) is 37.2 Å². The zero-order chi connectivity index (χ0) is 59.9. The molecule has 0 saturated carbocycles. The van der Waals surface area contributed by atoms with Crippen LogP contribution in [0, 0.1) is 0 Å². The van der Waals surface area contributed by atoms with Crippen LogP contribution >= 0.6 is 0 Å². The van der Waals surface area contributed by atoms with E-state index in [0.29, 0.717) is 19.3 Å². The van der Waals surface area contributed by atoms with Crippen molar-refractivity contribution in [1.29, 1.82) is 0 Å². The highest BCUT2D eigenvalue weighted by atomic mass is 16.6. The van der Waals surface area contributed by atoms with Crippen molar-refractivity contribution in [3.05, 3.63) is 134 Å². The van der Waals surface area contributed by atoms with Crippen molar-refractivity contribution in [3.63, 3.8) is 0 Å². The van der Waals surface area contributed by atoms with Gasteiger partial charge in [0.05, 0.1) is 0 Å². The van der Waals surface area contributed by atoms with Gasteiger partial charge in [-0.2, -0.15) is 0 Å². The van der Waals surface area contributed by atoms with E-state index < -0.39 is 6.10 Å². The lowest BCUT2D eigenvalue weighted by molar-refractivity contribution is -0.167. The maximum absolute atomic E-state index is 12.9. The molecule has 83 heavy (non-hydrogen) atoms. The number of rotatable bonds is 62. The second-order valence-electron chi connectivity index (χ2n) is 22.6. The molecule has 1 atom stereocenters. The molecule has 0 N–H and O–H groups in total. The van der Waals surface area contributed by atoms with E-state index in [4.69, 9.17) is 14.2 Å². The Morgan fingerprint density at radius 1 is 0.241 bits per heavy atom. The number of esters is 3. The molecule has 0 bridgehead atoms. The third-order valence-corrected chi connectivity index (χ3v) is 14.6. The lowest BCUT2D eigenvalue weighted by Crippen LogP contribution is -2.30. The van der Waals surface area contributed by atoms with E-state index in [-0.39, 0.29) is 37.5 Å². The van der Waals surface area contributed by atoms with Gasteiger partial charge in [0.25, 0.3) is 0 Å². The van der Waals surface area contributed by atoms with Crippen LogP contribution in [0.15, 0.2) is 134 Å². The number of unbranched alkanes of at least 4 members (excludes halogenated alkanes) is 29. The van der Waals surface area contributed by atoms with E-state index in [1.54, 1.807) is 0 Å². The van der Waals surface area contributed by atoms with E-state index in [1.807, 2.05) is 0 Å². The van der Waals surface area contributed by atoms with Crippen LogP contribution in [0.5, 0.6) is 0 Å². The number of hydrogen-bond donors (Lipinski definition) is 0. The van der Waals surface area contributed by atoms with Crippen molar-refractivity contribution in [1.82, 2.24) is 0 Å². The van der Waals surface area contributed by atoms with E-state index in [1.165, 1.54) is 128 Å². The van der Waals surface area contributed by atoms with Gasteiger partial charge in [0, 0.05) is 19.3 Å². The maximum Gasteiger partial charge on any atom is 0.306 e. The molecule has 0 aliphatic heterocycles. The van der Waals surface area contributed by atoms with Gasteiger partial charge in [-0.3, -0.25) is 14.4 Å². The molecule has 472 valence electrons. The smallest absolute Gasteiger partial charge is 0.306 e. The first-order chi connectivity index (χ1) is 41.0. The molecule has 6 heteroatoms. The summed E-state index contributed by atoms with van der Waals surface area (Å²) in [6.45, 7) is 6.27. The number of carbonyl (C=O) groups is 3. The van der Waals surface area contributed by atoms with Crippen LogP contribution in [0.4, 0.5) is 0 Å². The van der Waals surface area contributed by atoms with Gasteiger partial charge in [-0.25, -0.2) is 0 Å². The first kappa shape index (κ1) is 78.5. The largest absolute Gasteiger partial charge is 0.462 e. The molecule has 0 fully saturated rings. The molecule has 0 aromatic heterocycles. The minimum atomic E-state index is -0.810. The van der Waals surface area contributed by atoms with Crippen LogP contribution in [0.1, 0.15) is 316 Å². The molecule has 0 amide bonds. The Balaban J connectivity index is 4.17. The van der Waals surface area contributed by atoms with Crippen molar-refractivity contribution >= 4 is 17.9 Å². The molecule has 0 aliphatic carbocycles. The topological polar surface area (TPSA) is 78.9 Å². The van der Waals surface area contributed by atoms with Gasteiger partial charge < -0.3 is 14.2 Å². The molecule has 0 aromatic rings. The number of allylic oxidation sites excluding steroid dienone is 22. The summed E-state index contributed by atoms with van der Waals surface area (Å²) in [6.07, 6.45) is 99.3. The van der Waals surface area contributed by atoms with Crippen LogP contribution in [0.3, 0.4) is 0 Å². The first-order valence-electron chi connectivity index (χ1n) is 34.7. The van der Waals surface area contributed by atoms with Gasteiger partial charge in [0.15, 0.2) is 6.10 Å². The minimum absolute atomic E-state index is 0.100. The molecule has 0 rings (SSSR count). The van der Waals surface area contributed by atoms with Crippen LogP contribution < -0.4 is 0 Å². The Labute approximate surface area is 513 Å². The predicted molar refractivity (Wildman–Crippen MR) is 362 cm³/mol. The molecule has 0 saturated heterocycles. The Morgan fingerprint density at radius 3 is 0.699 bits per heavy atom. The zero-order valence-electron chi connectivity index (χ0n) is 54.2. The van der Waals surface area contributed by atoms with Crippen LogP contribution in [0.25, 0.3) is 0 Å². The summed E-state index contributed by atoms with van der Waals surface area (Å²) in [4.78, 5) is 38.3. The van der Waals surface area contributed by atoms with Gasteiger partial charge in [0.1, 0.15) is 13.2 Å². The fourth-order valence-corrected chi connectivity index (χ4v) is 9.56. The third-order valence-electron chi connectivity index (χ3n) is 14.6. The van der Waals surface area contributed by atoms with Gasteiger partial charge in [-0.05, 0) is 128 Å². The van der Waals surface area contributed by atoms with E-state index in [0.717, 1.165) is 141 Å². The summed E-state index contributed by atoms with van der Waals surface area (Å²) < 4.78 is 16.9. The summed E-state index contributed by atoms with van der Waals surface area (Å²) >= 11 is 0. The maximum atomic E-state index is 12.9. The second-order valence-corrected chi connectivity index (χ2v) is 22.6. The molecule has 6 nitrogen and oxygen atoms in total. The highest BCUT2D eigenvalue weighted by molar-refractivity contribution is 5.71. The van der Waals surface area contributed by atoms with Gasteiger partial charge in [-0.15, -0.1) is 0 Å². The molecule has 0 aromatic carbocycles. The van der Waals surface area contributed by atoms with Crippen molar-refractivity contribution in [2.75, 3.05) is 13.2 Å². The fourth-order valence-electron chi connectivity index (χ4n) is 9.56. The Bertz CT molecular complexity index is 1750. The lowest BCUT2D eigenvalue weighted by atomic mass is 10.0. The summed E-state index contributed by atoms with van der Waals surface area (Å²) in [5, 5.41) is 0. The van der Waals surface area contributed by atoms with Crippen molar-refractivity contribution in [2.45, 2.75) is 322 Å². The Morgan fingerprint density at radius 2 is 0.434 bits per heavy atom. The molecule has 0 aliphatic rings. The van der Waals surface area contributed by atoms with Crippen LogP contribution in [-0.2, 0) is 28.6 Å². The highest BCUT2D eigenvalue weighted by Crippen LogP contribution is 2.17. The zero-order valence-corrected chi connectivity index (χ0v) is 54.2. The lowest BCUT2D eigenvalue weighted by Gasteiger charge is -2.18. The van der Waals surface area contributed by atoms with Crippen LogP contribution in [0.2, 0.25) is 0 Å². The van der Waals surface area contributed by atoms with Gasteiger partial charge in [-0.1, -0.05) is 302 Å². The molecule has 0 heterocycles. The standard InChI is InChI=1S/C77H128O6/c1-4-7-10-13-16-19-22-25-28-29-30-31-32-33-34-35-36-37-38-39-40-41-42-43-44-45-46-47-50-52-55-58-61-64-67-70-76(79)82-73-74(83-77(80)71-68-65-62-59-56-53-49-27-24-21-18-15-12-9-6-3)72-81-75(78)69-66-63-60-57-54-51-48-26-23-20-17-14-11-8-5-2/h7-12,16-21,25-28,30-31,48-49,56,59,74H,4-6,13-15,22-24,29,32-47,50-55,57-58,60-73H2,1-3H3/b10-7-,11-8-,12-9-,19-16-,20-17-,21-18-,28-25-,31-30-,48-26-,49-27-,59-56-. The monoisotopic (exact) mass is 1150 g/mol. The molecular formula is C77H128O6. The van der Waals surface area contributed by atoms with Gasteiger partial charge >= 0.3 is 17.9 Å². The number of hydrogen-bond acceptors (Lipinski definition) is 6. The average Bonchev–Trinajstić information content (AvgIpc) is 3.49. The normalized spacial score (nSPS) is 13.0. The summed E-state index contributed by atoms with van der Waals surface area (Å²) in [5.41, 5.74) is 0. The molecule has 0 spiro atoms. The number of ether oxygens (including phenoxy) is 3. The molecule has 0 radical (unpaired) electrons. The summed E-state index contributed by atoms with van der Waals surface area (Å²) in [7, 11) is 0. The minimum Gasteiger partial charge on any atom is -0.462 e. The second kappa shape index (κ2) is 70.0. The van der Waals surface area contributed by atoms with Gasteiger partial charge in [0.2, 0.25) is 0 Å². The SMILES string of the molecule is CC/C=C\C/C=C\C/C=C\C/C=C\CCCCCCCCCCCCCCCCCCCCCCCCC(=O)OCC(COC(=O)CCCCCCC/C=C\C/C=C\C/C=C\CC)OC(=O)CCCC/C=C\C/C=C\C/C=C\C/C=C\CC. The van der Waals surface area contributed by atoms with E-state index >= 15 is 0 Å². The Hall–Kier alpha value is -4.45. The summed E-state index contributed by atoms with van der Waals surface area (Å²) in [5.74, 6) is -0.953.